The van der Waals surface area contributed by atoms with Crippen LogP contribution in [0.2, 0.25) is 0 Å². The Hall–Kier alpha value is -1.88. The van der Waals surface area contributed by atoms with Gasteiger partial charge in [0, 0.05) is 30.2 Å². The van der Waals surface area contributed by atoms with Crippen LogP contribution in [0.25, 0.3) is 0 Å². The molecule has 0 aromatic carbocycles. The van der Waals surface area contributed by atoms with Crippen molar-refractivity contribution in [2.45, 2.75) is 19.4 Å². The Bertz CT molecular complexity index is 638. The second-order valence-corrected chi connectivity index (χ2v) is 5.90. The molecule has 5 heteroatoms. The standard InChI is InChI=1S/C15H17N3OS/c1-10-12-5-8-20-13(12)4-7-18(10)15(19)11-3-6-17-14(9-11)16-2/h3,5-6,8-10H,4,7H2,1-2H3,(H,16,17)/t10-/m1/s1. The van der Waals surface area contributed by atoms with Crippen LogP contribution in [-0.4, -0.2) is 29.4 Å². The Morgan fingerprint density at radius 3 is 3.15 bits per heavy atom. The highest BCUT2D eigenvalue weighted by Gasteiger charge is 2.28. The number of anilines is 1. The number of hydrogen-bond donors (Lipinski definition) is 1. The highest BCUT2D eigenvalue weighted by atomic mass is 32.1. The number of nitrogens with zero attached hydrogens (tertiary/aromatic N) is 2. The topological polar surface area (TPSA) is 45.2 Å². The lowest BCUT2D eigenvalue weighted by molar-refractivity contribution is 0.0679. The quantitative estimate of drug-likeness (QED) is 0.923. The minimum atomic E-state index is 0.0771. The van der Waals surface area contributed by atoms with Gasteiger partial charge in [0.25, 0.3) is 5.91 Å². The highest BCUT2D eigenvalue weighted by Crippen LogP contribution is 2.33. The molecule has 1 aliphatic heterocycles. The minimum absolute atomic E-state index is 0.0771. The molecule has 0 aliphatic carbocycles. The van der Waals surface area contributed by atoms with Gasteiger partial charge in [-0.3, -0.25) is 4.79 Å². The van der Waals surface area contributed by atoms with E-state index in [0.29, 0.717) is 5.56 Å². The fourth-order valence-corrected chi connectivity index (χ4v) is 3.62. The van der Waals surface area contributed by atoms with E-state index in [1.165, 1.54) is 10.4 Å². The van der Waals surface area contributed by atoms with Crippen LogP contribution < -0.4 is 5.32 Å². The summed E-state index contributed by atoms with van der Waals surface area (Å²) in [5.74, 6) is 0.796. The van der Waals surface area contributed by atoms with Gasteiger partial charge in [-0.25, -0.2) is 4.98 Å². The van der Waals surface area contributed by atoms with Gasteiger partial charge in [-0.2, -0.15) is 0 Å². The van der Waals surface area contributed by atoms with Gasteiger partial charge in [-0.1, -0.05) is 0 Å². The van der Waals surface area contributed by atoms with E-state index in [2.05, 4.69) is 28.7 Å². The van der Waals surface area contributed by atoms with Crippen molar-refractivity contribution >= 4 is 23.1 Å². The highest BCUT2D eigenvalue weighted by molar-refractivity contribution is 7.10. The Balaban J connectivity index is 1.88. The van der Waals surface area contributed by atoms with Crippen molar-refractivity contribution in [2.75, 3.05) is 18.9 Å². The summed E-state index contributed by atoms with van der Waals surface area (Å²) in [6, 6.07) is 5.86. The monoisotopic (exact) mass is 287 g/mol. The summed E-state index contributed by atoms with van der Waals surface area (Å²) < 4.78 is 0. The molecular formula is C15H17N3OS. The van der Waals surface area contributed by atoms with E-state index in [9.17, 15) is 4.79 Å². The summed E-state index contributed by atoms with van der Waals surface area (Å²) in [5, 5.41) is 5.08. The zero-order valence-corrected chi connectivity index (χ0v) is 12.4. The number of hydrogen-bond acceptors (Lipinski definition) is 4. The number of thiophene rings is 1. The predicted molar refractivity (Wildman–Crippen MR) is 81.3 cm³/mol. The third-order valence-electron chi connectivity index (χ3n) is 3.80. The number of pyridine rings is 1. The Labute approximate surface area is 122 Å². The molecule has 2 aromatic heterocycles. The number of carbonyl (C=O) groups excluding carboxylic acids is 1. The molecule has 104 valence electrons. The van der Waals surface area contributed by atoms with Gasteiger partial charge in [0.2, 0.25) is 0 Å². The molecule has 1 amide bonds. The summed E-state index contributed by atoms with van der Waals surface area (Å²) in [7, 11) is 1.80. The number of aromatic nitrogens is 1. The smallest absolute Gasteiger partial charge is 0.254 e. The molecule has 0 spiro atoms. The van der Waals surface area contributed by atoms with Crippen molar-refractivity contribution < 1.29 is 4.79 Å². The third-order valence-corrected chi connectivity index (χ3v) is 4.80. The number of rotatable bonds is 2. The second kappa shape index (κ2) is 5.25. The first kappa shape index (κ1) is 13.1. The number of nitrogens with one attached hydrogen (secondary N) is 1. The largest absolute Gasteiger partial charge is 0.373 e. The van der Waals surface area contributed by atoms with Crippen molar-refractivity contribution in [1.82, 2.24) is 9.88 Å². The third kappa shape index (κ3) is 2.18. The van der Waals surface area contributed by atoms with E-state index >= 15 is 0 Å². The molecule has 3 heterocycles. The average Bonchev–Trinajstić information content (AvgIpc) is 2.96. The van der Waals surface area contributed by atoms with E-state index in [-0.39, 0.29) is 11.9 Å². The molecule has 0 unspecified atom stereocenters. The average molecular weight is 287 g/mol. The first-order valence-corrected chi connectivity index (χ1v) is 7.59. The van der Waals surface area contributed by atoms with Crippen LogP contribution in [0.3, 0.4) is 0 Å². The van der Waals surface area contributed by atoms with Gasteiger partial charge >= 0.3 is 0 Å². The predicted octanol–water partition coefficient (Wildman–Crippen LogP) is 2.94. The molecule has 20 heavy (non-hydrogen) atoms. The summed E-state index contributed by atoms with van der Waals surface area (Å²) in [5.41, 5.74) is 1.98. The normalized spacial score (nSPS) is 17.7. The van der Waals surface area contributed by atoms with Crippen LogP contribution in [0.4, 0.5) is 5.82 Å². The first-order valence-electron chi connectivity index (χ1n) is 6.71. The fourth-order valence-electron chi connectivity index (χ4n) is 2.65. The molecule has 1 aliphatic rings. The maximum Gasteiger partial charge on any atom is 0.254 e. The van der Waals surface area contributed by atoms with E-state index in [1.54, 1.807) is 36.7 Å². The van der Waals surface area contributed by atoms with Gasteiger partial charge in [0.15, 0.2) is 0 Å². The van der Waals surface area contributed by atoms with E-state index in [4.69, 9.17) is 0 Å². The fraction of sp³-hybridized carbons (Fsp3) is 0.333. The first-order chi connectivity index (χ1) is 9.70. The van der Waals surface area contributed by atoms with Crippen LogP contribution in [0.1, 0.15) is 33.8 Å². The molecule has 1 atom stereocenters. The van der Waals surface area contributed by atoms with Gasteiger partial charge < -0.3 is 10.2 Å². The number of carbonyl (C=O) groups is 1. The molecule has 0 fully saturated rings. The Morgan fingerprint density at radius 2 is 2.35 bits per heavy atom. The van der Waals surface area contributed by atoms with Crippen LogP contribution in [0, 0.1) is 0 Å². The summed E-state index contributed by atoms with van der Waals surface area (Å²) in [4.78, 5) is 20.2. The van der Waals surface area contributed by atoms with Gasteiger partial charge in [0.1, 0.15) is 5.82 Å². The Morgan fingerprint density at radius 1 is 1.50 bits per heavy atom. The molecule has 0 saturated carbocycles. The molecule has 3 rings (SSSR count). The molecule has 0 bridgehead atoms. The zero-order chi connectivity index (χ0) is 14.1. The summed E-state index contributed by atoms with van der Waals surface area (Å²) in [6.07, 6.45) is 2.62. The molecule has 4 nitrogen and oxygen atoms in total. The molecule has 1 N–H and O–H groups in total. The lowest BCUT2D eigenvalue weighted by Gasteiger charge is -2.33. The molecular weight excluding hydrogens is 270 g/mol. The maximum atomic E-state index is 12.7. The van der Waals surface area contributed by atoms with E-state index in [0.717, 1.165) is 18.8 Å². The lowest BCUT2D eigenvalue weighted by Crippen LogP contribution is -2.38. The van der Waals surface area contributed by atoms with Gasteiger partial charge in [-0.15, -0.1) is 11.3 Å². The SMILES string of the molecule is CNc1cc(C(=O)N2CCc3sccc3[C@H]2C)ccn1. The van der Waals surface area contributed by atoms with Crippen molar-refractivity contribution in [3.63, 3.8) is 0 Å². The van der Waals surface area contributed by atoms with Crippen molar-refractivity contribution in [2.24, 2.45) is 0 Å². The maximum absolute atomic E-state index is 12.7. The lowest BCUT2D eigenvalue weighted by atomic mass is 10.0. The zero-order valence-electron chi connectivity index (χ0n) is 11.6. The molecule has 0 radical (unpaired) electrons. The van der Waals surface area contributed by atoms with Crippen LogP contribution in [0.15, 0.2) is 29.8 Å². The molecule has 0 saturated heterocycles. The van der Waals surface area contributed by atoms with Crippen molar-refractivity contribution in [1.29, 1.82) is 0 Å². The summed E-state index contributed by atoms with van der Waals surface area (Å²) in [6.45, 7) is 2.88. The van der Waals surface area contributed by atoms with Crippen molar-refractivity contribution in [3.05, 3.63) is 45.8 Å². The van der Waals surface area contributed by atoms with Crippen molar-refractivity contribution in [3.8, 4) is 0 Å². The Kier molecular flexibility index (Phi) is 3.44. The van der Waals surface area contributed by atoms with Crippen LogP contribution >= 0.6 is 11.3 Å². The molecule has 2 aromatic rings. The summed E-state index contributed by atoms with van der Waals surface area (Å²) >= 11 is 1.79. The number of amides is 1. The number of fused-ring (bicyclic) bond motifs is 1. The second-order valence-electron chi connectivity index (χ2n) is 4.90. The minimum Gasteiger partial charge on any atom is -0.373 e. The van der Waals surface area contributed by atoms with Gasteiger partial charge in [-0.05, 0) is 42.5 Å². The van der Waals surface area contributed by atoms with E-state index < -0.39 is 0 Å². The van der Waals surface area contributed by atoms with Crippen LogP contribution in [-0.2, 0) is 6.42 Å². The van der Waals surface area contributed by atoms with Gasteiger partial charge in [0.05, 0.1) is 6.04 Å². The van der Waals surface area contributed by atoms with E-state index in [1.807, 2.05) is 4.90 Å². The van der Waals surface area contributed by atoms with Crippen LogP contribution in [0.5, 0.6) is 0 Å².